The summed E-state index contributed by atoms with van der Waals surface area (Å²) >= 11 is 3.56. The lowest BCUT2D eigenvalue weighted by atomic mass is 10.1. The highest BCUT2D eigenvalue weighted by atomic mass is 32.1. The largest absolute Gasteiger partial charge is 0.478 e. The molecule has 1 aromatic rings. The fraction of sp³-hybridized carbons (Fsp3) is 0.250. The molecule has 8 nitrogen and oxygen atoms in total. The molecule has 0 radical (unpaired) electrons. The summed E-state index contributed by atoms with van der Waals surface area (Å²) in [5, 5.41) is 9.01. The molecule has 0 saturated heterocycles. The van der Waals surface area contributed by atoms with Crippen LogP contribution in [0.2, 0.25) is 0 Å². The van der Waals surface area contributed by atoms with Gasteiger partial charge in [-0.3, -0.25) is 4.79 Å². The number of anilines is 1. The van der Waals surface area contributed by atoms with E-state index >= 15 is 0 Å². The maximum Gasteiger partial charge on any atom is 0.339 e. The molecule has 1 atom stereocenters. The van der Waals surface area contributed by atoms with E-state index < -0.39 is 18.0 Å². The Balaban J connectivity index is 2.74. The number of esters is 1. The first-order valence-electron chi connectivity index (χ1n) is 5.88. The minimum Gasteiger partial charge on any atom is -0.478 e. The third kappa shape index (κ3) is 4.97. The number of carboxylic acids is 1. The minimum absolute atomic E-state index is 0.00665. The van der Waals surface area contributed by atoms with E-state index in [-0.39, 0.29) is 35.7 Å². The van der Waals surface area contributed by atoms with Gasteiger partial charge in [0, 0.05) is 12.1 Å². The van der Waals surface area contributed by atoms with E-state index in [4.69, 9.17) is 21.3 Å². The number of benzene rings is 1. The Hall–Kier alpha value is -2.26. The van der Waals surface area contributed by atoms with Crippen LogP contribution in [0, 0.1) is 0 Å². The molecule has 0 aliphatic rings. The Labute approximate surface area is 126 Å². The highest BCUT2D eigenvalue weighted by Crippen LogP contribution is 2.22. The summed E-state index contributed by atoms with van der Waals surface area (Å²) in [6.07, 6.45) is 0.0376. The number of hydrogen-bond donors (Lipinski definition) is 5. The van der Waals surface area contributed by atoms with E-state index in [9.17, 15) is 14.4 Å². The fourth-order valence-electron chi connectivity index (χ4n) is 1.45. The number of nitrogens with one attached hydrogen (secondary N) is 1. The number of aromatic carboxylic acids is 1. The van der Waals surface area contributed by atoms with Gasteiger partial charge in [-0.1, -0.05) is 12.8 Å². The average Bonchev–Trinajstić information content (AvgIpc) is 2.45. The number of nitrogen functional groups attached to an aromatic ring is 1. The van der Waals surface area contributed by atoms with Gasteiger partial charge in [0.15, 0.2) is 0 Å². The summed E-state index contributed by atoms with van der Waals surface area (Å²) in [5.41, 5.74) is 11.0. The molecule has 1 amide bonds. The monoisotopic (exact) mass is 313 g/mol. The molecule has 6 N–H and O–H groups in total. The molecule has 0 spiro atoms. The van der Waals surface area contributed by atoms with Gasteiger partial charge in [0.25, 0.3) is 0 Å². The number of hydrogen-bond acceptors (Lipinski definition) is 7. The maximum atomic E-state index is 11.8. The van der Waals surface area contributed by atoms with Crippen LogP contribution in [0.5, 0.6) is 5.75 Å². The van der Waals surface area contributed by atoms with Crippen LogP contribution in [-0.4, -0.2) is 29.0 Å². The summed E-state index contributed by atoms with van der Waals surface area (Å²) < 4.78 is 7.03. The van der Waals surface area contributed by atoms with Gasteiger partial charge in [0.05, 0.1) is 0 Å². The molecule has 21 heavy (non-hydrogen) atoms. The van der Waals surface area contributed by atoms with Gasteiger partial charge in [-0.15, -0.1) is 0 Å². The van der Waals surface area contributed by atoms with Gasteiger partial charge >= 0.3 is 11.9 Å². The van der Waals surface area contributed by atoms with E-state index in [0.29, 0.717) is 0 Å². The van der Waals surface area contributed by atoms with Crippen molar-refractivity contribution in [3.05, 3.63) is 23.8 Å². The number of carbonyl (C=O) groups is 3. The van der Waals surface area contributed by atoms with E-state index in [2.05, 4.69) is 17.5 Å². The molecule has 0 aliphatic carbocycles. The third-order valence-electron chi connectivity index (χ3n) is 2.55. The highest BCUT2D eigenvalue weighted by Gasteiger charge is 2.20. The number of carboxylic acid groups (broad SMARTS) is 1. The summed E-state index contributed by atoms with van der Waals surface area (Å²) in [6.45, 7) is 0. The van der Waals surface area contributed by atoms with Crippen LogP contribution in [0.15, 0.2) is 18.2 Å². The molecule has 1 rings (SSSR count). The van der Waals surface area contributed by atoms with Gasteiger partial charge < -0.3 is 26.0 Å². The van der Waals surface area contributed by atoms with Gasteiger partial charge in [-0.05, 0) is 24.6 Å². The van der Waals surface area contributed by atoms with E-state index in [0.717, 1.165) is 0 Å². The first-order chi connectivity index (χ1) is 9.85. The molecule has 9 heteroatoms. The van der Waals surface area contributed by atoms with Gasteiger partial charge in [-0.25, -0.2) is 9.59 Å². The third-order valence-corrected chi connectivity index (χ3v) is 2.80. The van der Waals surface area contributed by atoms with E-state index in [1.165, 1.54) is 18.2 Å². The number of amides is 1. The Bertz CT molecular complexity index is 564. The first kappa shape index (κ1) is 16.8. The van der Waals surface area contributed by atoms with Crippen LogP contribution >= 0.6 is 12.8 Å². The number of ether oxygens (including phenoxy) is 1. The molecular weight excluding hydrogens is 298 g/mol. The van der Waals surface area contributed by atoms with Crippen molar-refractivity contribution >= 4 is 36.3 Å². The molecular formula is C12H15N3O5S. The summed E-state index contributed by atoms with van der Waals surface area (Å²) in [7, 11) is 0. The number of carbonyl (C=O) groups excluding carboxylic acids is 2. The Kier molecular flexibility index (Phi) is 6.00. The highest BCUT2D eigenvalue weighted by molar-refractivity contribution is 7.78. The van der Waals surface area contributed by atoms with Crippen LogP contribution in [0.4, 0.5) is 5.69 Å². The predicted octanol–water partition coefficient (Wildman–Crippen LogP) is -0.0591. The SMILES string of the molecule is Nc1ccc(OC(=O)C(N)CCC(=O)NS)c(C(=O)O)c1. The minimum atomic E-state index is -1.28. The van der Waals surface area contributed by atoms with E-state index in [1.807, 2.05) is 0 Å². The molecule has 114 valence electrons. The van der Waals surface area contributed by atoms with Crippen molar-refractivity contribution in [1.82, 2.24) is 4.72 Å². The maximum absolute atomic E-state index is 11.8. The number of rotatable bonds is 6. The Morgan fingerprint density at radius 1 is 1.38 bits per heavy atom. The quantitative estimate of drug-likeness (QED) is 0.214. The molecule has 0 bridgehead atoms. The van der Waals surface area contributed by atoms with Gasteiger partial charge in [-0.2, -0.15) is 0 Å². The zero-order valence-electron chi connectivity index (χ0n) is 10.9. The van der Waals surface area contributed by atoms with Crippen LogP contribution < -0.4 is 20.9 Å². The van der Waals surface area contributed by atoms with Gasteiger partial charge in [0.1, 0.15) is 17.4 Å². The number of nitrogens with two attached hydrogens (primary N) is 2. The molecule has 0 heterocycles. The van der Waals surface area contributed by atoms with Crippen molar-refractivity contribution in [2.24, 2.45) is 5.73 Å². The topological polar surface area (TPSA) is 145 Å². The lowest BCUT2D eigenvalue weighted by Crippen LogP contribution is -2.35. The van der Waals surface area contributed by atoms with Crippen LogP contribution in [0.3, 0.4) is 0 Å². The Morgan fingerprint density at radius 3 is 2.62 bits per heavy atom. The van der Waals surface area contributed by atoms with Crippen molar-refractivity contribution < 1.29 is 24.2 Å². The lowest BCUT2D eigenvalue weighted by molar-refractivity contribution is -0.136. The van der Waals surface area contributed by atoms with Crippen LogP contribution in [0.25, 0.3) is 0 Å². The predicted molar refractivity (Wildman–Crippen MR) is 77.8 cm³/mol. The van der Waals surface area contributed by atoms with Crippen molar-refractivity contribution in [2.75, 3.05) is 5.73 Å². The molecule has 1 aromatic carbocycles. The van der Waals surface area contributed by atoms with Crippen molar-refractivity contribution in [3.8, 4) is 5.75 Å². The van der Waals surface area contributed by atoms with E-state index in [1.54, 1.807) is 0 Å². The summed E-state index contributed by atoms with van der Waals surface area (Å²) in [5.74, 6) is -2.67. The normalized spacial score (nSPS) is 11.5. The van der Waals surface area contributed by atoms with Crippen molar-refractivity contribution in [1.29, 1.82) is 0 Å². The standard InChI is InChI=1S/C12H15N3O5S/c13-6-1-3-9(7(5-6)11(17)18)20-12(19)8(14)2-4-10(16)15-21/h1,3,5,8,21H,2,4,13-14H2,(H,15,16)(H,17,18). The second-order valence-electron chi connectivity index (χ2n) is 4.16. The van der Waals surface area contributed by atoms with Crippen molar-refractivity contribution in [2.45, 2.75) is 18.9 Å². The van der Waals surface area contributed by atoms with Crippen LogP contribution in [0.1, 0.15) is 23.2 Å². The second kappa shape index (κ2) is 7.50. The average molecular weight is 313 g/mol. The summed E-state index contributed by atoms with van der Waals surface area (Å²) in [4.78, 5) is 33.8. The van der Waals surface area contributed by atoms with Gasteiger partial charge in [0.2, 0.25) is 5.91 Å². The lowest BCUT2D eigenvalue weighted by Gasteiger charge is -2.12. The smallest absolute Gasteiger partial charge is 0.339 e. The first-order valence-corrected chi connectivity index (χ1v) is 6.33. The Morgan fingerprint density at radius 2 is 2.05 bits per heavy atom. The molecule has 0 aliphatic heterocycles. The summed E-state index contributed by atoms with van der Waals surface area (Å²) in [6, 6.07) is 2.78. The second-order valence-corrected chi connectivity index (χ2v) is 4.39. The van der Waals surface area contributed by atoms with Crippen molar-refractivity contribution in [3.63, 3.8) is 0 Å². The fourth-order valence-corrected chi connectivity index (χ4v) is 1.56. The zero-order valence-corrected chi connectivity index (χ0v) is 11.8. The molecule has 1 unspecified atom stereocenters. The molecule has 0 fully saturated rings. The molecule has 0 aromatic heterocycles. The van der Waals surface area contributed by atoms with Crippen LogP contribution in [-0.2, 0) is 9.59 Å². The number of thiol groups is 1. The molecule has 0 saturated carbocycles. The zero-order chi connectivity index (χ0) is 16.0.